The van der Waals surface area contributed by atoms with Crippen molar-refractivity contribution < 1.29 is 71.8 Å². The monoisotopic (exact) mass is 1050 g/mol. The Bertz CT molecular complexity index is 3140. The van der Waals surface area contributed by atoms with E-state index in [0.717, 1.165) is 0 Å². The molecule has 0 radical (unpaired) electrons. The predicted octanol–water partition coefficient (Wildman–Crippen LogP) is 13.5. The largest absolute Gasteiger partial charge is 0.469 e. The summed E-state index contributed by atoms with van der Waals surface area (Å²) < 4.78 is 172. The lowest BCUT2D eigenvalue weighted by atomic mass is 9.84. The minimum atomic E-state index is -5.24. The molecular weight excluding hydrogens is 1000 g/mol. The Balaban J connectivity index is 1.36. The smallest absolute Gasteiger partial charge is 0.416 e. The van der Waals surface area contributed by atoms with Crippen molar-refractivity contribution in [1.29, 1.82) is 0 Å². The van der Waals surface area contributed by atoms with E-state index in [-0.39, 0.29) is 70.3 Å². The minimum Gasteiger partial charge on any atom is -0.469 e. The maximum atomic E-state index is 15.1. The first-order chi connectivity index (χ1) is 34.4. The number of amides is 2. The highest BCUT2D eigenvalue weighted by Crippen LogP contribution is 2.47. The van der Waals surface area contributed by atoms with E-state index in [9.17, 15) is 62.3 Å². The fourth-order valence-corrected chi connectivity index (χ4v) is 10.4. The van der Waals surface area contributed by atoms with Gasteiger partial charge in [0, 0.05) is 65.3 Å². The maximum absolute atomic E-state index is 15.1. The van der Waals surface area contributed by atoms with E-state index in [1.165, 1.54) is 7.11 Å². The number of halogens is 12. The first-order valence-corrected chi connectivity index (χ1v) is 23.4. The number of H-pyrrole nitrogens is 2. The van der Waals surface area contributed by atoms with E-state index in [2.05, 4.69) is 15.3 Å². The Labute approximate surface area is 415 Å². The van der Waals surface area contributed by atoms with Gasteiger partial charge in [-0.3, -0.25) is 24.3 Å². The molecule has 2 aromatic carbocycles. The van der Waals surface area contributed by atoms with Crippen molar-refractivity contribution in [2.24, 2.45) is 0 Å². The van der Waals surface area contributed by atoms with E-state index in [1.807, 2.05) is 13.8 Å². The van der Waals surface area contributed by atoms with Gasteiger partial charge in [-0.1, -0.05) is 20.8 Å². The lowest BCUT2D eigenvalue weighted by molar-refractivity contribution is -0.144. The summed E-state index contributed by atoms with van der Waals surface area (Å²) >= 11 is 0. The molecule has 0 saturated heterocycles. The summed E-state index contributed by atoms with van der Waals surface area (Å²) in [5.41, 5.74) is -3.39. The second-order valence-corrected chi connectivity index (χ2v) is 19.0. The fraction of sp³-hybridized carbons (Fsp3) is 0.404. The molecule has 4 aromatic rings. The number of nitrogens with zero attached hydrogens (tertiary/aromatic N) is 3. The van der Waals surface area contributed by atoms with Gasteiger partial charge in [0.15, 0.2) is 0 Å². The molecule has 0 aliphatic carbocycles. The molecule has 4 aliphatic heterocycles. The molecule has 5 atom stereocenters. The zero-order valence-electron chi connectivity index (χ0n) is 40.6. The summed E-state index contributed by atoms with van der Waals surface area (Å²) in [5, 5.41) is 3.09. The molecule has 22 heteroatoms. The normalized spacial score (nSPS) is 19.3. The number of carbonyl (C=O) groups excluding carboxylic acids is 3. The number of aromatic nitrogens is 4. The number of nitrogens with one attached hydrogen (secondary N) is 3. The molecular formula is C52H48F12N6O4. The van der Waals surface area contributed by atoms with Gasteiger partial charge in [-0.15, -0.1) is 0 Å². The second kappa shape index (κ2) is 19.2. The van der Waals surface area contributed by atoms with Gasteiger partial charge in [0.2, 0.25) is 0 Å². The molecule has 2 aromatic heterocycles. The molecule has 394 valence electrons. The Morgan fingerprint density at radius 1 is 0.703 bits per heavy atom. The number of methoxy groups -OCH3 is 1. The highest BCUT2D eigenvalue weighted by Gasteiger charge is 2.44. The summed E-state index contributed by atoms with van der Waals surface area (Å²) in [4.78, 5) is 59.7. The summed E-state index contributed by atoms with van der Waals surface area (Å²) in [6, 6.07) is 6.55. The van der Waals surface area contributed by atoms with Gasteiger partial charge >= 0.3 is 30.7 Å². The molecule has 74 heavy (non-hydrogen) atoms. The minimum absolute atomic E-state index is 0.00575. The third-order valence-electron chi connectivity index (χ3n) is 14.4. The zero-order chi connectivity index (χ0) is 54.3. The number of aromatic amines is 2. The van der Waals surface area contributed by atoms with E-state index < -0.39 is 101 Å². The summed E-state index contributed by atoms with van der Waals surface area (Å²) in [6.45, 7) is 9.18. The predicted molar refractivity (Wildman–Crippen MR) is 247 cm³/mol. The van der Waals surface area contributed by atoms with Crippen LogP contribution in [-0.4, -0.2) is 55.8 Å². The third kappa shape index (κ3) is 10.1. The van der Waals surface area contributed by atoms with Crippen molar-refractivity contribution in [3.8, 4) is 0 Å². The van der Waals surface area contributed by atoms with Crippen molar-refractivity contribution in [1.82, 2.24) is 30.2 Å². The van der Waals surface area contributed by atoms with Crippen LogP contribution in [0.25, 0.3) is 22.2 Å². The summed E-state index contributed by atoms with van der Waals surface area (Å²) in [6.07, 6.45) is -20.2. The van der Waals surface area contributed by atoms with Crippen LogP contribution in [0.15, 0.2) is 54.6 Å². The van der Waals surface area contributed by atoms with Crippen LogP contribution in [0.2, 0.25) is 0 Å². The molecule has 8 bridgehead atoms. The molecule has 2 unspecified atom stereocenters. The number of rotatable bonds is 10. The average molecular weight is 1050 g/mol. The number of hydrogen-bond donors (Lipinski definition) is 3. The van der Waals surface area contributed by atoms with Crippen molar-refractivity contribution in [2.45, 2.75) is 128 Å². The van der Waals surface area contributed by atoms with Crippen molar-refractivity contribution in [2.75, 3.05) is 7.11 Å². The molecule has 8 rings (SSSR count). The topological polar surface area (TPSA) is 133 Å². The van der Waals surface area contributed by atoms with Gasteiger partial charge in [0.1, 0.15) is 0 Å². The number of fused-ring (bicyclic) bond motifs is 8. The standard InChI is InChI=1S/C52H48F12N6O4/c1-8-33-22(2)35-19-40-42(26(6)65-20-27-11-29(49(53,54)55)15-30(12-27)50(56,57)58)24(4)37(67-40)17-36-23(3)34(9-10-41(71)74-7)45(68-36)44-46-43(25(5)38(69-46)18-39(33)66-35)47(72)70(48(44)73)21-28-13-31(51(59,60)61)16-32(14-28)52(62,63)64/h11-19,22-23,26,33-34,65-66,69H,8-10,20-21H2,1-7H3/t22-,23?,26?,33-,34+/m1/s1. The van der Waals surface area contributed by atoms with Crippen molar-refractivity contribution >= 4 is 40.0 Å². The highest BCUT2D eigenvalue weighted by molar-refractivity contribution is 6.23. The summed E-state index contributed by atoms with van der Waals surface area (Å²) in [7, 11) is 1.17. The molecule has 0 fully saturated rings. The van der Waals surface area contributed by atoms with Gasteiger partial charge in [-0.05, 0) is 116 Å². The molecule has 3 N–H and O–H groups in total. The number of esters is 1. The average Bonchev–Trinajstić information content (AvgIpc) is 4.00. The first kappa shape index (κ1) is 53.6. The highest BCUT2D eigenvalue weighted by atomic mass is 19.4. The van der Waals surface area contributed by atoms with Crippen LogP contribution < -0.4 is 5.32 Å². The fourth-order valence-electron chi connectivity index (χ4n) is 10.4. The second-order valence-electron chi connectivity index (χ2n) is 19.0. The van der Waals surface area contributed by atoms with E-state index in [0.29, 0.717) is 80.7 Å². The van der Waals surface area contributed by atoms with Crippen LogP contribution in [0.4, 0.5) is 52.7 Å². The third-order valence-corrected chi connectivity index (χ3v) is 14.4. The van der Waals surface area contributed by atoms with Gasteiger partial charge in [0.05, 0.1) is 69.6 Å². The molecule has 6 heterocycles. The van der Waals surface area contributed by atoms with Crippen molar-refractivity contribution in [3.05, 3.63) is 139 Å². The van der Waals surface area contributed by atoms with Crippen LogP contribution in [-0.2, 0) is 47.3 Å². The van der Waals surface area contributed by atoms with Gasteiger partial charge < -0.3 is 20.0 Å². The quantitative estimate of drug-likeness (QED) is 0.0818. The molecule has 2 amide bonds. The number of benzene rings is 2. The Morgan fingerprint density at radius 3 is 1.80 bits per heavy atom. The lowest BCUT2D eigenvalue weighted by Gasteiger charge is -2.27. The molecule has 10 nitrogen and oxygen atoms in total. The number of alkyl halides is 12. The van der Waals surface area contributed by atoms with Gasteiger partial charge in [-0.25, -0.2) is 4.98 Å². The number of hydrogen-bond acceptors (Lipinski definition) is 7. The molecule has 4 aliphatic rings. The number of imide groups is 1. The maximum Gasteiger partial charge on any atom is 0.416 e. The van der Waals surface area contributed by atoms with Crippen LogP contribution in [0, 0.1) is 6.92 Å². The van der Waals surface area contributed by atoms with Gasteiger partial charge in [0.25, 0.3) is 11.8 Å². The Hall–Kier alpha value is -6.71. The Kier molecular flexibility index (Phi) is 13.9. The zero-order valence-corrected chi connectivity index (χ0v) is 40.6. The van der Waals surface area contributed by atoms with Crippen molar-refractivity contribution in [3.63, 3.8) is 0 Å². The lowest BCUT2D eigenvalue weighted by Crippen LogP contribution is -2.40. The van der Waals surface area contributed by atoms with Crippen LogP contribution >= 0.6 is 0 Å². The van der Waals surface area contributed by atoms with Crippen LogP contribution in [0.1, 0.15) is 171 Å². The van der Waals surface area contributed by atoms with Crippen LogP contribution in [0.3, 0.4) is 0 Å². The van der Waals surface area contributed by atoms with E-state index >= 15 is 4.79 Å². The molecule has 0 saturated carbocycles. The number of carbonyl (C=O) groups is 3. The van der Waals surface area contributed by atoms with E-state index in [1.54, 1.807) is 45.9 Å². The summed E-state index contributed by atoms with van der Waals surface area (Å²) in [5.74, 6) is -4.59. The molecule has 0 spiro atoms. The number of aryl methyl sites for hydroxylation is 1. The SMILES string of the molecule is CC[C@H]1c2cc3[nH]c4c(c5nc(cc6nc(cc([nH]2)[C@@H]1C)C(C(C)NCc1cc(C(F)(F)F)cc(C(F)(F)F)c1)=C6C)C(C)[C@@H]5CCC(=O)OC)C(=O)N(Cc1cc(C(F)(F)F)cc(C(F)(F)F)c1)C(=O)c4c3C. The Morgan fingerprint density at radius 2 is 1.26 bits per heavy atom. The van der Waals surface area contributed by atoms with Crippen LogP contribution in [0.5, 0.6) is 0 Å². The van der Waals surface area contributed by atoms with E-state index in [4.69, 9.17) is 14.7 Å². The first-order valence-electron chi connectivity index (χ1n) is 23.4. The number of allylic oxidation sites excluding steroid dienone is 1. The number of ether oxygens (including phenoxy) is 1. The van der Waals surface area contributed by atoms with Gasteiger partial charge in [-0.2, -0.15) is 52.7 Å².